The third kappa shape index (κ3) is 3.55. The quantitative estimate of drug-likeness (QED) is 0.867. The summed E-state index contributed by atoms with van der Waals surface area (Å²) in [4.78, 5) is 22.6. The van der Waals surface area contributed by atoms with E-state index in [-0.39, 0.29) is 11.5 Å². The highest BCUT2D eigenvalue weighted by Crippen LogP contribution is 2.23. The maximum absolute atomic E-state index is 11.5. The minimum Gasteiger partial charge on any atom is -0.370 e. The molecule has 1 aliphatic rings. The highest BCUT2D eigenvalue weighted by atomic mass is 16.1. The molecule has 0 spiro atoms. The lowest BCUT2D eigenvalue weighted by Crippen LogP contribution is -2.34. The van der Waals surface area contributed by atoms with Gasteiger partial charge >= 0.3 is 0 Å². The Labute approximate surface area is 140 Å². The summed E-state index contributed by atoms with van der Waals surface area (Å²) in [5.74, 6) is 0.150. The molecule has 24 heavy (non-hydrogen) atoms. The molecule has 0 radical (unpaired) electrons. The Bertz CT molecular complexity index is 807. The Morgan fingerprint density at radius 2 is 2.21 bits per heavy atom. The van der Waals surface area contributed by atoms with E-state index in [0.717, 1.165) is 25.2 Å². The third-order valence-corrected chi connectivity index (χ3v) is 4.37. The lowest BCUT2D eigenvalue weighted by atomic mass is 10.2. The number of hydrogen-bond donors (Lipinski definition) is 2. The molecule has 2 heterocycles. The van der Waals surface area contributed by atoms with Crippen LogP contribution in [0.2, 0.25) is 0 Å². The molecule has 3 rings (SSSR count). The molecule has 7 nitrogen and oxygen atoms in total. The van der Waals surface area contributed by atoms with Gasteiger partial charge in [0.1, 0.15) is 0 Å². The summed E-state index contributed by atoms with van der Waals surface area (Å²) in [5, 5.41) is 8.88. The minimum atomic E-state index is -0.225. The molecule has 1 aromatic carbocycles. The number of benzene rings is 1. The molecule has 3 N–H and O–H groups in total. The predicted molar refractivity (Wildman–Crippen MR) is 92.5 cm³/mol. The van der Waals surface area contributed by atoms with E-state index in [2.05, 4.69) is 25.8 Å². The summed E-state index contributed by atoms with van der Waals surface area (Å²) in [6, 6.07) is 11.7. The van der Waals surface area contributed by atoms with Crippen molar-refractivity contribution in [2.75, 3.05) is 30.8 Å². The molecule has 0 amide bonds. The van der Waals surface area contributed by atoms with Crippen LogP contribution in [0.5, 0.6) is 0 Å². The monoisotopic (exact) mass is 324 g/mol. The number of nitriles is 1. The first-order valence-corrected chi connectivity index (χ1v) is 7.86. The Morgan fingerprint density at radius 1 is 1.46 bits per heavy atom. The second-order valence-corrected chi connectivity index (χ2v) is 6.08. The number of nitrogen functional groups attached to an aromatic ring is 1. The van der Waals surface area contributed by atoms with Crippen LogP contribution in [0.15, 0.2) is 35.1 Å². The van der Waals surface area contributed by atoms with E-state index in [1.165, 1.54) is 6.07 Å². The summed E-state index contributed by atoms with van der Waals surface area (Å²) in [7, 11) is 2.03. The highest BCUT2D eigenvalue weighted by molar-refractivity contribution is 5.50. The molecular weight excluding hydrogens is 304 g/mol. The van der Waals surface area contributed by atoms with E-state index in [1.54, 1.807) is 0 Å². The summed E-state index contributed by atoms with van der Waals surface area (Å²) in [6.45, 7) is 2.45. The number of H-pyrrole nitrogens is 1. The van der Waals surface area contributed by atoms with Crippen molar-refractivity contribution in [2.45, 2.75) is 19.0 Å². The van der Waals surface area contributed by atoms with Crippen LogP contribution in [-0.2, 0) is 6.54 Å². The number of hydrogen-bond acceptors (Lipinski definition) is 6. The molecule has 0 aliphatic carbocycles. The largest absolute Gasteiger partial charge is 0.370 e. The average molecular weight is 324 g/mol. The molecule has 1 aliphatic heterocycles. The van der Waals surface area contributed by atoms with E-state index in [9.17, 15) is 4.79 Å². The first-order valence-electron chi connectivity index (χ1n) is 7.86. The molecule has 1 fully saturated rings. The van der Waals surface area contributed by atoms with Crippen LogP contribution in [0.4, 0.5) is 11.6 Å². The smallest absolute Gasteiger partial charge is 0.252 e. The zero-order valence-electron chi connectivity index (χ0n) is 13.6. The van der Waals surface area contributed by atoms with Crippen LogP contribution in [-0.4, -0.2) is 41.0 Å². The molecule has 0 saturated carbocycles. The topological polar surface area (TPSA) is 102 Å². The first-order chi connectivity index (χ1) is 11.5. The summed E-state index contributed by atoms with van der Waals surface area (Å²) >= 11 is 0. The van der Waals surface area contributed by atoms with Gasteiger partial charge < -0.3 is 10.6 Å². The van der Waals surface area contributed by atoms with E-state index in [4.69, 9.17) is 11.0 Å². The predicted octanol–water partition coefficient (Wildman–Crippen LogP) is 0.934. The van der Waals surface area contributed by atoms with Crippen molar-refractivity contribution < 1.29 is 0 Å². The lowest BCUT2D eigenvalue weighted by molar-refractivity contribution is 0.247. The van der Waals surface area contributed by atoms with Crippen LogP contribution in [0.3, 0.4) is 0 Å². The second kappa shape index (κ2) is 6.72. The highest BCUT2D eigenvalue weighted by Gasteiger charge is 2.26. The maximum atomic E-state index is 11.5. The molecule has 1 atom stereocenters. The minimum absolute atomic E-state index is 0.150. The Hall–Kier alpha value is -2.85. The van der Waals surface area contributed by atoms with Crippen LogP contribution < -0.4 is 16.2 Å². The van der Waals surface area contributed by atoms with Crippen LogP contribution in [0.25, 0.3) is 0 Å². The zero-order chi connectivity index (χ0) is 17.1. The Morgan fingerprint density at radius 3 is 2.88 bits per heavy atom. The number of nitrogens with zero attached hydrogens (tertiary/aromatic N) is 4. The SMILES string of the molecule is CN(Cc1cc(=O)[nH]c(N)n1)[C@H]1CCN(c2ccc(C#N)cc2)C1. The summed E-state index contributed by atoms with van der Waals surface area (Å²) in [5.41, 5.74) is 7.84. The van der Waals surface area contributed by atoms with Crippen molar-refractivity contribution in [1.29, 1.82) is 5.26 Å². The van der Waals surface area contributed by atoms with Gasteiger partial charge in [-0.05, 0) is 37.7 Å². The van der Waals surface area contributed by atoms with Crippen molar-refractivity contribution in [1.82, 2.24) is 14.9 Å². The van der Waals surface area contributed by atoms with E-state index < -0.39 is 0 Å². The fraction of sp³-hybridized carbons (Fsp3) is 0.353. The van der Waals surface area contributed by atoms with Crippen LogP contribution in [0, 0.1) is 11.3 Å². The fourth-order valence-electron chi connectivity index (χ4n) is 3.08. The second-order valence-electron chi connectivity index (χ2n) is 6.08. The molecule has 124 valence electrons. The average Bonchev–Trinajstić information content (AvgIpc) is 3.04. The number of nitrogens with two attached hydrogens (primary N) is 1. The molecule has 1 aromatic heterocycles. The van der Waals surface area contributed by atoms with Gasteiger partial charge in [0, 0.05) is 37.4 Å². The van der Waals surface area contributed by atoms with Crippen molar-refractivity contribution >= 4 is 11.6 Å². The van der Waals surface area contributed by atoms with Crippen molar-refractivity contribution in [3.05, 3.63) is 51.9 Å². The van der Waals surface area contributed by atoms with Crippen LogP contribution in [0.1, 0.15) is 17.7 Å². The van der Waals surface area contributed by atoms with Crippen molar-refractivity contribution in [3.63, 3.8) is 0 Å². The Kier molecular flexibility index (Phi) is 4.49. The number of aromatic amines is 1. The molecule has 7 heteroatoms. The molecule has 0 bridgehead atoms. The van der Waals surface area contributed by atoms with Gasteiger partial charge in [-0.15, -0.1) is 0 Å². The number of aromatic nitrogens is 2. The number of nitrogens with one attached hydrogen (secondary N) is 1. The maximum Gasteiger partial charge on any atom is 0.252 e. The Balaban J connectivity index is 1.64. The third-order valence-electron chi connectivity index (χ3n) is 4.37. The van der Waals surface area contributed by atoms with Gasteiger partial charge in [0.2, 0.25) is 5.95 Å². The first kappa shape index (κ1) is 16.0. The van der Waals surface area contributed by atoms with Gasteiger partial charge in [0.15, 0.2) is 0 Å². The number of likely N-dealkylation sites (N-methyl/N-ethyl adjacent to an activating group) is 1. The molecule has 2 aromatic rings. The zero-order valence-corrected chi connectivity index (χ0v) is 13.6. The van der Waals surface area contributed by atoms with Crippen LogP contribution >= 0.6 is 0 Å². The van der Waals surface area contributed by atoms with Gasteiger partial charge in [-0.25, -0.2) is 4.98 Å². The van der Waals surface area contributed by atoms with Gasteiger partial charge in [0.05, 0.1) is 17.3 Å². The van der Waals surface area contributed by atoms with E-state index in [0.29, 0.717) is 23.8 Å². The summed E-state index contributed by atoms with van der Waals surface area (Å²) in [6.07, 6.45) is 1.04. The number of rotatable bonds is 4. The van der Waals surface area contributed by atoms with Gasteiger partial charge in [-0.1, -0.05) is 0 Å². The van der Waals surface area contributed by atoms with Gasteiger partial charge in [-0.3, -0.25) is 14.7 Å². The molecular formula is C17H20N6O. The molecule has 0 unspecified atom stereocenters. The van der Waals surface area contributed by atoms with Crippen molar-refractivity contribution in [2.24, 2.45) is 0 Å². The number of anilines is 2. The van der Waals surface area contributed by atoms with Gasteiger partial charge in [-0.2, -0.15) is 5.26 Å². The summed E-state index contributed by atoms with van der Waals surface area (Å²) < 4.78 is 0. The molecule has 1 saturated heterocycles. The normalized spacial score (nSPS) is 17.2. The van der Waals surface area contributed by atoms with E-state index >= 15 is 0 Å². The van der Waals surface area contributed by atoms with E-state index in [1.807, 2.05) is 31.3 Å². The lowest BCUT2D eigenvalue weighted by Gasteiger charge is -2.25. The van der Waals surface area contributed by atoms with Gasteiger partial charge in [0.25, 0.3) is 5.56 Å². The standard InChI is InChI=1S/C17H20N6O/c1-22(10-13-8-16(24)21-17(19)20-13)15-6-7-23(11-15)14-4-2-12(9-18)3-5-14/h2-5,8,15H,6-7,10-11H2,1H3,(H3,19,20,21,24)/t15-/m0/s1. The fourth-order valence-corrected chi connectivity index (χ4v) is 3.08. The van der Waals surface area contributed by atoms with Crippen molar-refractivity contribution in [3.8, 4) is 6.07 Å².